The summed E-state index contributed by atoms with van der Waals surface area (Å²) in [5, 5.41) is 11.2. The molecule has 0 bridgehead atoms. The molecular formula is C21H28N6O. The van der Waals surface area contributed by atoms with Crippen molar-refractivity contribution in [3.05, 3.63) is 48.3 Å². The molecule has 1 spiro atoms. The lowest BCUT2D eigenvalue weighted by Crippen LogP contribution is -2.42. The zero-order valence-electron chi connectivity index (χ0n) is 16.3. The van der Waals surface area contributed by atoms with Crippen molar-refractivity contribution >= 4 is 12.0 Å². The molecule has 0 unspecified atom stereocenters. The standard InChI is InChI=1S/C21H28N6O/c28-20-16-21(17-26(20)12-4-8-19-6-2-1-3-7-19)9-14-25(15-10-21)11-5-13-27-18-22-23-24-27/h1-4,6-8,18H,5,9-17H2. The summed E-state index contributed by atoms with van der Waals surface area (Å²) in [6.45, 7) is 5.70. The van der Waals surface area contributed by atoms with Gasteiger partial charge in [0.05, 0.1) is 0 Å². The van der Waals surface area contributed by atoms with E-state index in [0.717, 1.165) is 52.0 Å². The van der Waals surface area contributed by atoms with Crippen LogP contribution in [0.5, 0.6) is 0 Å². The third-order valence-electron chi connectivity index (χ3n) is 6.01. The largest absolute Gasteiger partial charge is 0.338 e. The highest BCUT2D eigenvalue weighted by Gasteiger charge is 2.44. The third-order valence-corrected chi connectivity index (χ3v) is 6.01. The maximum absolute atomic E-state index is 12.5. The van der Waals surface area contributed by atoms with Gasteiger partial charge in [0, 0.05) is 26.1 Å². The van der Waals surface area contributed by atoms with Crippen molar-refractivity contribution in [2.75, 3.05) is 32.7 Å². The summed E-state index contributed by atoms with van der Waals surface area (Å²) < 4.78 is 1.78. The molecule has 2 aromatic rings. The molecule has 1 aromatic heterocycles. The summed E-state index contributed by atoms with van der Waals surface area (Å²) in [6, 6.07) is 10.2. The van der Waals surface area contributed by atoms with Gasteiger partial charge in [0.1, 0.15) is 6.33 Å². The molecule has 0 radical (unpaired) electrons. The Morgan fingerprint density at radius 1 is 1.11 bits per heavy atom. The Morgan fingerprint density at radius 2 is 1.93 bits per heavy atom. The molecule has 0 aliphatic carbocycles. The number of hydrogen-bond donors (Lipinski definition) is 0. The molecule has 2 aliphatic rings. The average molecular weight is 380 g/mol. The Kier molecular flexibility index (Phi) is 5.81. The Morgan fingerprint density at radius 3 is 2.68 bits per heavy atom. The number of amides is 1. The smallest absolute Gasteiger partial charge is 0.223 e. The number of nitrogens with zero attached hydrogens (tertiary/aromatic N) is 6. The molecular weight excluding hydrogens is 352 g/mol. The monoisotopic (exact) mass is 380 g/mol. The third kappa shape index (κ3) is 4.65. The molecule has 7 heteroatoms. The number of rotatable bonds is 7. The van der Waals surface area contributed by atoms with Gasteiger partial charge in [-0.25, -0.2) is 4.68 Å². The Labute approximate surface area is 166 Å². The molecule has 7 nitrogen and oxygen atoms in total. The van der Waals surface area contributed by atoms with E-state index in [9.17, 15) is 4.79 Å². The van der Waals surface area contributed by atoms with Crippen LogP contribution in [0.25, 0.3) is 6.08 Å². The van der Waals surface area contributed by atoms with Crippen molar-refractivity contribution in [1.82, 2.24) is 30.0 Å². The number of carbonyl (C=O) groups is 1. The van der Waals surface area contributed by atoms with Crippen LogP contribution in [-0.4, -0.2) is 68.6 Å². The van der Waals surface area contributed by atoms with Crippen LogP contribution in [0, 0.1) is 5.41 Å². The molecule has 3 heterocycles. The minimum atomic E-state index is 0.185. The fourth-order valence-corrected chi connectivity index (χ4v) is 4.35. The molecule has 2 fully saturated rings. The Balaban J connectivity index is 1.22. The van der Waals surface area contributed by atoms with E-state index in [0.29, 0.717) is 18.9 Å². The lowest BCUT2D eigenvalue weighted by molar-refractivity contribution is -0.127. The first-order valence-corrected chi connectivity index (χ1v) is 10.2. The average Bonchev–Trinajstić information content (AvgIpc) is 3.33. The summed E-state index contributed by atoms with van der Waals surface area (Å²) in [4.78, 5) is 17.1. The molecule has 2 saturated heterocycles. The van der Waals surface area contributed by atoms with E-state index < -0.39 is 0 Å². The maximum atomic E-state index is 12.5. The first kappa shape index (κ1) is 18.8. The van der Waals surface area contributed by atoms with E-state index >= 15 is 0 Å². The summed E-state index contributed by atoms with van der Waals surface area (Å²) in [6.07, 6.45) is 9.87. The van der Waals surface area contributed by atoms with E-state index in [4.69, 9.17) is 0 Å². The predicted molar refractivity (Wildman–Crippen MR) is 107 cm³/mol. The second-order valence-electron chi connectivity index (χ2n) is 8.03. The van der Waals surface area contributed by atoms with Gasteiger partial charge in [0.2, 0.25) is 5.91 Å². The molecule has 2 aliphatic heterocycles. The predicted octanol–water partition coefficient (Wildman–Crippen LogP) is 2.09. The van der Waals surface area contributed by atoms with Crippen LogP contribution in [-0.2, 0) is 11.3 Å². The lowest BCUT2D eigenvalue weighted by atomic mass is 9.77. The van der Waals surface area contributed by atoms with Crippen molar-refractivity contribution in [3.63, 3.8) is 0 Å². The van der Waals surface area contributed by atoms with Crippen LogP contribution in [0.4, 0.5) is 0 Å². The fourth-order valence-electron chi connectivity index (χ4n) is 4.35. The van der Waals surface area contributed by atoms with Gasteiger partial charge >= 0.3 is 0 Å². The number of piperidine rings is 1. The number of benzene rings is 1. The molecule has 1 amide bonds. The van der Waals surface area contributed by atoms with Crippen molar-refractivity contribution in [2.45, 2.75) is 32.2 Å². The van der Waals surface area contributed by atoms with E-state index in [-0.39, 0.29) is 5.41 Å². The number of aryl methyl sites for hydroxylation is 1. The summed E-state index contributed by atoms with van der Waals surface area (Å²) >= 11 is 0. The van der Waals surface area contributed by atoms with Gasteiger partial charge in [-0.05, 0) is 60.3 Å². The number of likely N-dealkylation sites (tertiary alicyclic amines) is 2. The second-order valence-corrected chi connectivity index (χ2v) is 8.03. The number of carbonyl (C=O) groups excluding carboxylic acids is 1. The number of aromatic nitrogens is 4. The van der Waals surface area contributed by atoms with Gasteiger partial charge < -0.3 is 9.80 Å². The van der Waals surface area contributed by atoms with Crippen molar-refractivity contribution < 1.29 is 4.79 Å². The summed E-state index contributed by atoms with van der Waals surface area (Å²) in [7, 11) is 0. The van der Waals surface area contributed by atoms with Gasteiger partial charge in [0.25, 0.3) is 0 Å². The van der Waals surface area contributed by atoms with Gasteiger partial charge in [-0.15, -0.1) is 5.10 Å². The molecule has 1 aromatic carbocycles. The van der Waals surface area contributed by atoms with Crippen molar-refractivity contribution in [3.8, 4) is 0 Å². The van der Waals surface area contributed by atoms with E-state index in [2.05, 4.69) is 44.7 Å². The van der Waals surface area contributed by atoms with Crippen LogP contribution < -0.4 is 0 Å². The normalized spacial score (nSPS) is 19.9. The van der Waals surface area contributed by atoms with E-state index in [1.165, 1.54) is 5.56 Å². The van der Waals surface area contributed by atoms with Crippen LogP contribution in [0.15, 0.2) is 42.7 Å². The highest BCUT2D eigenvalue weighted by Crippen LogP contribution is 2.40. The van der Waals surface area contributed by atoms with E-state index in [1.54, 1.807) is 11.0 Å². The lowest BCUT2D eigenvalue weighted by Gasteiger charge is -2.38. The van der Waals surface area contributed by atoms with Gasteiger partial charge in [-0.1, -0.05) is 42.5 Å². The van der Waals surface area contributed by atoms with Crippen LogP contribution in [0.2, 0.25) is 0 Å². The highest BCUT2D eigenvalue weighted by atomic mass is 16.2. The first-order valence-electron chi connectivity index (χ1n) is 10.2. The van der Waals surface area contributed by atoms with Crippen LogP contribution in [0.1, 0.15) is 31.2 Å². The highest BCUT2D eigenvalue weighted by molar-refractivity contribution is 5.79. The minimum Gasteiger partial charge on any atom is -0.338 e. The molecule has 4 rings (SSSR count). The topological polar surface area (TPSA) is 67.2 Å². The van der Waals surface area contributed by atoms with Gasteiger partial charge in [-0.3, -0.25) is 4.79 Å². The van der Waals surface area contributed by atoms with Gasteiger partial charge in [-0.2, -0.15) is 0 Å². The first-order chi connectivity index (χ1) is 13.7. The van der Waals surface area contributed by atoms with Gasteiger partial charge in [0.15, 0.2) is 0 Å². The minimum absolute atomic E-state index is 0.185. The van der Waals surface area contributed by atoms with Crippen LogP contribution in [0.3, 0.4) is 0 Å². The SMILES string of the molecule is O=C1CC2(CCN(CCCn3cnnn3)CC2)CN1CC=Cc1ccccc1. The Hall–Kier alpha value is -2.54. The van der Waals surface area contributed by atoms with Crippen molar-refractivity contribution in [1.29, 1.82) is 0 Å². The fraction of sp³-hybridized carbons (Fsp3) is 0.524. The maximum Gasteiger partial charge on any atom is 0.223 e. The Bertz CT molecular complexity index is 780. The second kappa shape index (κ2) is 8.65. The molecule has 0 saturated carbocycles. The number of tetrazole rings is 1. The summed E-state index contributed by atoms with van der Waals surface area (Å²) in [5.74, 6) is 0.310. The van der Waals surface area contributed by atoms with Crippen molar-refractivity contribution in [2.24, 2.45) is 5.41 Å². The molecule has 148 valence electrons. The zero-order valence-corrected chi connectivity index (χ0v) is 16.3. The molecule has 28 heavy (non-hydrogen) atoms. The number of hydrogen-bond acceptors (Lipinski definition) is 5. The quantitative estimate of drug-likeness (QED) is 0.736. The molecule has 0 N–H and O–H groups in total. The molecule has 0 atom stereocenters. The summed E-state index contributed by atoms with van der Waals surface area (Å²) in [5.41, 5.74) is 1.36. The van der Waals surface area contributed by atoms with Crippen LogP contribution >= 0.6 is 0 Å². The van der Waals surface area contributed by atoms with E-state index in [1.807, 2.05) is 23.1 Å². The zero-order chi connectivity index (χ0) is 19.2.